The molecule has 1 N–H and O–H groups in total. The molecule has 0 aromatic heterocycles. The van der Waals surface area contributed by atoms with Crippen molar-refractivity contribution >= 4 is 11.8 Å². The van der Waals surface area contributed by atoms with E-state index in [1.165, 1.54) is 16.7 Å². The molecule has 0 radical (unpaired) electrons. The van der Waals surface area contributed by atoms with Gasteiger partial charge in [0.15, 0.2) is 0 Å². The summed E-state index contributed by atoms with van der Waals surface area (Å²) in [6, 6.07) is 0. The summed E-state index contributed by atoms with van der Waals surface area (Å²) in [5, 5.41) is 3.86. The maximum Gasteiger partial charge on any atom is 0.0719 e. The molecule has 0 aliphatic rings. The van der Waals surface area contributed by atoms with Crippen molar-refractivity contribution in [3.8, 4) is 12.3 Å². The Balaban J connectivity index is 4.59. The predicted octanol–water partition coefficient (Wildman–Crippen LogP) is 8.44. The molecule has 0 spiro atoms. The molecule has 0 saturated carbocycles. The third-order valence-electron chi connectivity index (χ3n) is 5.28. The van der Waals surface area contributed by atoms with Gasteiger partial charge in [-0.25, -0.2) is 0 Å². The zero-order valence-corrected chi connectivity index (χ0v) is 21.3. The molecule has 0 heterocycles. The lowest BCUT2D eigenvalue weighted by Gasteiger charge is -2.22. The second-order valence-electron chi connectivity index (χ2n) is 9.27. The van der Waals surface area contributed by atoms with Gasteiger partial charge in [0, 0.05) is 12.1 Å². The van der Waals surface area contributed by atoms with Crippen LogP contribution in [0.25, 0.3) is 0 Å². The van der Waals surface area contributed by atoms with E-state index in [9.17, 15) is 0 Å². The van der Waals surface area contributed by atoms with Crippen molar-refractivity contribution in [2.75, 3.05) is 6.26 Å². The first kappa shape index (κ1) is 28.4. The highest BCUT2D eigenvalue weighted by Crippen LogP contribution is 2.29. The molecule has 168 valence electrons. The van der Waals surface area contributed by atoms with E-state index in [1.54, 1.807) is 0 Å². The molecule has 1 nitrogen and oxygen atoms in total. The molecule has 0 aliphatic carbocycles. The molecular weight excluding hydrogens is 382 g/mol. The van der Waals surface area contributed by atoms with Crippen LogP contribution in [0.1, 0.15) is 79.6 Å². The molecule has 2 heteroatoms. The van der Waals surface area contributed by atoms with Crippen molar-refractivity contribution in [2.24, 2.45) is 11.3 Å². The quantitative estimate of drug-likeness (QED) is 0.122. The van der Waals surface area contributed by atoms with Crippen LogP contribution in [0.2, 0.25) is 0 Å². The monoisotopic (exact) mass is 427 g/mol. The van der Waals surface area contributed by atoms with E-state index in [2.05, 4.69) is 90.1 Å². The van der Waals surface area contributed by atoms with Crippen molar-refractivity contribution in [1.82, 2.24) is 5.32 Å². The van der Waals surface area contributed by atoms with E-state index >= 15 is 0 Å². The Morgan fingerprint density at radius 1 is 1.13 bits per heavy atom. The fourth-order valence-electron chi connectivity index (χ4n) is 3.04. The van der Waals surface area contributed by atoms with E-state index in [-0.39, 0.29) is 5.41 Å². The Labute approximate surface area is 192 Å². The second kappa shape index (κ2) is 15.2. The van der Waals surface area contributed by atoms with Crippen LogP contribution in [0.4, 0.5) is 0 Å². The summed E-state index contributed by atoms with van der Waals surface area (Å²) in [5.74, 6) is 3.15. The summed E-state index contributed by atoms with van der Waals surface area (Å²) < 4.78 is 0. The van der Waals surface area contributed by atoms with E-state index < -0.39 is 0 Å². The highest BCUT2D eigenvalue weighted by atomic mass is 32.2. The first-order chi connectivity index (χ1) is 14.0. The fourth-order valence-corrected chi connectivity index (χ4v) is 3.70. The minimum atomic E-state index is 0.192. The molecular formula is C28H45NS. The number of nitrogens with one attached hydrogen (secondary N) is 1. The number of allylic oxidation sites excluding steroid dienone is 7. The predicted molar refractivity (Wildman–Crippen MR) is 141 cm³/mol. The fraction of sp³-hybridized carbons (Fsp3) is 0.571. The van der Waals surface area contributed by atoms with Gasteiger partial charge in [-0.15, -0.1) is 24.1 Å². The van der Waals surface area contributed by atoms with Gasteiger partial charge in [-0.3, -0.25) is 0 Å². The number of terminal acetylenes is 1. The molecule has 1 atom stereocenters. The van der Waals surface area contributed by atoms with Crippen LogP contribution in [0.3, 0.4) is 0 Å². The van der Waals surface area contributed by atoms with Gasteiger partial charge in [0.1, 0.15) is 0 Å². The smallest absolute Gasteiger partial charge is 0.0719 e. The maximum absolute atomic E-state index is 5.33. The van der Waals surface area contributed by atoms with Crippen LogP contribution in [-0.4, -0.2) is 11.6 Å². The van der Waals surface area contributed by atoms with Crippen LogP contribution in [0.15, 0.2) is 60.4 Å². The number of hydrogen-bond acceptors (Lipinski definition) is 2. The Hall–Kier alpha value is -1.59. The lowest BCUT2D eigenvalue weighted by atomic mass is 9.83. The van der Waals surface area contributed by atoms with Crippen LogP contribution >= 0.6 is 11.8 Å². The molecule has 0 rings (SSSR count). The summed E-state index contributed by atoms with van der Waals surface area (Å²) >= 11 is 1.82. The van der Waals surface area contributed by atoms with Gasteiger partial charge in [-0.05, 0) is 61.7 Å². The Kier molecular flexibility index (Phi) is 14.4. The average Bonchev–Trinajstić information content (AvgIpc) is 2.66. The van der Waals surface area contributed by atoms with Crippen LogP contribution in [0.5, 0.6) is 0 Å². The number of hydrogen-bond donors (Lipinski definition) is 1. The summed E-state index contributed by atoms with van der Waals surface area (Å²) in [4.78, 5) is 0. The number of rotatable bonds is 15. The normalized spacial score (nSPS) is 13.3. The maximum atomic E-state index is 5.33. The topological polar surface area (TPSA) is 12.0 Å². The summed E-state index contributed by atoms with van der Waals surface area (Å²) in [7, 11) is 0. The Morgan fingerprint density at radius 3 is 2.33 bits per heavy atom. The van der Waals surface area contributed by atoms with Crippen molar-refractivity contribution in [1.29, 1.82) is 0 Å². The first-order valence-corrected chi connectivity index (χ1v) is 12.4. The van der Waals surface area contributed by atoms with Gasteiger partial charge in [0.05, 0.1) is 5.37 Å². The molecule has 0 amide bonds. The van der Waals surface area contributed by atoms with Crippen molar-refractivity contribution < 1.29 is 0 Å². The zero-order chi connectivity index (χ0) is 23.2. The molecule has 0 saturated heterocycles. The van der Waals surface area contributed by atoms with Gasteiger partial charge in [0.25, 0.3) is 0 Å². The zero-order valence-electron chi connectivity index (χ0n) is 20.4. The second-order valence-corrected chi connectivity index (χ2v) is 10.3. The van der Waals surface area contributed by atoms with Gasteiger partial charge in [-0.2, -0.15) is 0 Å². The third kappa shape index (κ3) is 12.9. The standard InChI is InChI=1S/C28H45NS/c1-11-12-19-25(6)29-27(30-10)21-15-13-14-20-26(22(2)3)23(4)17-16-18-24(5)28(7,8)9/h1,13-14,20,22,27,29H,4-6,12,15-19,21H2,2-3,7-10H3/b14-13-,26-20+. The van der Waals surface area contributed by atoms with E-state index in [0.717, 1.165) is 50.6 Å². The van der Waals surface area contributed by atoms with Crippen LogP contribution < -0.4 is 5.32 Å². The SMILES string of the molecule is C#CCCC(=C)NC(CC/C=C\C=C(\C(=C)CCCC(=C)C(C)(C)C)C(C)C)SC. The molecule has 0 bridgehead atoms. The van der Waals surface area contributed by atoms with Gasteiger partial charge in [-0.1, -0.05) is 83.7 Å². The van der Waals surface area contributed by atoms with Gasteiger partial charge < -0.3 is 5.32 Å². The minimum absolute atomic E-state index is 0.192. The third-order valence-corrected chi connectivity index (χ3v) is 6.20. The minimum Gasteiger partial charge on any atom is -0.377 e. The summed E-state index contributed by atoms with van der Waals surface area (Å²) in [5.41, 5.74) is 5.16. The van der Waals surface area contributed by atoms with Gasteiger partial charge in [0.2, 0.25) is 0 Å². The molecule has 1 unspecified atom stereocenters. The van der Waals surface area contributed by atoms with Crippen molar-refractivity contribution in [3.05, 3.63) is 60.4 Å². The molecule has 0 aromatic rings. The highest BCUT2D eigenvalue weighted by molar-refractivity contribution is 7.99. The largest absolute Gasteiger partial charge is 0.377 e. The molecule has 0 fully saturated rings. The Morgan fingerprint density at radius 2 is 1.80 bits per heavy atom. The molecule has 0 aliphatic heterocycles. The number of thioether (sulfide) groups is 1. The van der Waals surface area contributed by atoms with Gasteiger partial charge >= 0.3 is 0 Å². The highest BCUT2D eigenvalue weighted by Gasteiger charge is 2.15. The van der Waals surface area contributed by atoms with E-state index in [4.69, 9.17) is 6.42 Å². The van der Waals surface area contributed by atoms with Crippen LogP contribution in [0, 0.1) is 23.7 Å². The lowest BCUT2D eigenvalue weighted by molar-refractivity contribution is 0.479. The lowest BCUT2D eigenvalue weighted by Crippen LogP contribution is -2.24. The van der Waals surface area contributed by atoms with E-state index in [0.29, 0.717) is 11.3 Å². The Bertz CT molecular complexity index is 649. The van der Waals surface area contributed by atoms with Crippen molar-refractivity contribution in [2.45, 2.75) is 84.9 Å². The molecule has 0 aromatic carbocycles. The summed E-state index contributed by atoms with van der Waals surface area (Å²) in [6.45, 7) is 23.9. The molecule has 30 heavy (non-hydrogen) atoms. The van der Waals surface area contributed by atoms with Crippen LogP contribution in [-0.2, 0) is 0 Å². The first-order valence-electron chi connectivity index (χ1n) is 11.2. The van der Waals surface area contributed by atoms with E-state index in [1.807, 2.05) is 11.8 Å². The summed E-state index contributed by atoms with van der Waals surface area (Å²) in [6.07, 6.45) is 21.1. The average molecular weight is 428 g/mol. The van der Waals surface area contributed by atoms with Crippen molar-refractivity contribution in [3.63, 3.8) is 0 Å².